The predicted molar refractivity (Wildman–Crippen MR) is 88.7 cm³/mol. The standard InChI is InChI=1S/C17H14N6O/c24-17-22(12-13-4-2-1-3-5-13)20-21-23(17)16-8-6-14(7-9-16)15-10-18-19-11-15/h1-11H,12H2,(H,18,19). The van der Waals surface area contributed by atoms with Crippen LogP contribution in [-0.2, 0) is 6.54 Å². The van der Waals surface area contributed by atoms with E-state index in [2.05, 4.69) is 20.6 Å². The second-order valence-electron chi connectivity index (χ2n) is 5.35. The van der Waals surface area contributed by atoms with Gasteiger partial charge in [-0.15, -0.1) is 0 Å². The summed E-state index contributed by atoms with van der Waals surface area (Å²) in [6.07, 6.45) is 3.56. The van der Waals surface area contributed by atoms with E-state index < -0.39 is 0 Å². The third-order valence-electron chi connectivity index (χ3n) is 3.76. The van der Waals surface area contributed by atoms with Crippen molar-refractivity contribution >= 4 is 0 Å². The fourth-order valence-electron chi connectivity index (χ4n) is 2.50. The Hall–Kier alpha value is -3.48. The molecule has 0 aliphatic heterocycles. The van der Waals surface area contributed by atoms with Crippen LogP contribution in [0.4, 0.5) is 0 Å². The van der Waals surface area contributed by atoms with E-state index in [-0.39, 0.29) is 5.69 Å². The van der Waals surface area contributed by atoms with Gasteiger partial charge in [-0.3, -0.25) is 5.10 Å². The molecular weight excluding hydrogens is 304 g/mol. The summed E-state index contributed by atoms with van der Waals surface area (Å²) in [4.78, 5) is 12.5. The second kappa shape index (κ2) is 5.96. The maximum absolute atomic E-state index is 12.5. The highest BCUT2D eigenvalue weighted by Crippen LogP contribution is 2.18. The van der Waals surface area contributed by atoms with E-state index in [1.165, 1.54) is 9.36 Å². The minimum atomic E-state index is -0.269. The predicted octanol–water partition coefficient (Wildman–Crippen LogP) is 1.87. The fraction of sp³-hybridized carbons (Fsp3) is 0.0588. The Kier molecular flexibility index (Phi) is 3.51. The molecule has 0 bridgehead atoms. The lowest BCUT2D eigenvalue weighted by molar-refractivity contribution is 0.632. The van der Waals surface area contributed by atoms with Crippen molar-refractivity contribution in [1.29, 1.82) is 0 Å². The van der Waals surface area contributed by atoms with Gasteiger partial charge in [0, 0.05) is 11.8 Å². The molecule has 0 amide bonds. The molecule has 0 aliphatic carbocycles. The molecule has 0 aliphatic rings. The number of aromatic nitrogens is 6. The summed E-state index contributed by atoms with van der Waals surface area (Å²) >= 11 is 0. The molecule has 118 valence electrons. The Morgan fingerprint density at radius 2 is 1.71 bits per heavy atom. The Bertz CT molecular complexity index is 984. The molecule has 0 fully saturated rings. The Morgan fingerprint density at radius 3 is 2.42 bits per heavy atom. The van der Waals surface area contributed by atoms with Gasteiger partial charge in [-0.25, -0.2) is 4.79 Å². The molecule has 2 heterocycles. The third-order valence-corrected chi connectivity index (χ3v) is 3.76. The van der Waals surface area contributed by atoms with E-state index in [1.807, 2.05) is 60.8 Å². The van der Waals surface area contributed by atoms with Gasteiger partial charge in [-0.1, -0.05) is 42.5 Å². The molecule has 24 heavy (non-hydrogen) atoms. The molecule has 0 saturated carbocycles. The van der Waals surface area contributed by atoms with E-state index >= 15 is 0 Å². The van der Waals surface area contributed by atoms with Gasteiger partial charge in [0.15, 0.2) is 0 Å². The number of aromatic amines is 1. The van der Waals surface area contributed by atoms with Crippen LogP contribution in [0, 0.1) is 0 Å². The van der Waals surface area contributed by atoms with Crippen LogP contribution >= 0.6 is 0 Å². The lowest BCUT2D eigenvalue weighted by Crippen LogP contribution is -2.24. The van der Waals surface area contributed by atoms with E-state index in [9.17, 15) is 4.79 Å². The van der Waals surface area contributed by atoms with Crippen LogP contribution in [0.1, 0.15) is 5.56 Å². The van der Waals surface area contributed by atoms with Gasteiger partial charge in [0.05, 0.1) is 18.4 Å². The molecule has 0 atom stereocenters. The highest BCUT2D eigenvalue weighted by Gasteiger charge is 2.09. The number of hydrogen-bond acceptors (Lipinski definition) is 4. The minimum Gasteiger partial charge on any atom is -0.285 e. The van der Waals surface area contributed by atoms with Crippen LogP contribution in [0.15, 0.2) is 71.8 Å². The van der Waals surface area contributed by atoms with Gasteiger partial charge in [0.1, 0.15) is 0 Å². The molecule has 2 aromatic carbocycles. The fourth-order valence-corrected chi connectivity index (χ4v) is 2.50. The average molecular weight is 318 g/mol. The minimum absolute atomic E-state index is 0.269. The summed E-state index contributed by atoms with van der Waals surface area (Å²) in [5.74, 6) is 0. The number of hydrogen-bond donors (Lipinski definition) is 1. The molecular formula is C17H14N6O. The number of nitrogens with zero attached hydrogens (tertiary/aromatic N) is 5. The summed E-state index contributed by atoms with van der Waals surface area (Å²) < 4.78 is 2.64. The molecule has 0 radical (unpaired) electrons. The Balaban J connectivity index is 1.62. The van der Waals surface area contributed by atoms with Gasteiger partial charge < -0.3 is 0 Å². The topological polar surface area (TPSA) is 81.4 Å². The average Bonchev–Trinajstić information content (AvgIpc) is 3.27. The van der Waals surface area contributed by atoms with E-state index in [0.717, 1.165) is 16.7 Å². The molecule has 4 rings (SSSR count). The van der Waals surface area contributed by atoms with Crippen molar-refractivity contribution in [2.75, 3.05) is 0 Å². The first kappa shape index (κ1) is 14.1. The summed E-state index contributed by atoms with van der Waals surface area (Å²) in [5.41, 5.74) is 3.40. The highest BCUT2D eigenvalue weighted by atomic mass is 16.2. The molecule has 1 N–H and O–H groups in total. The maximum Gasteiger partial charge on any atom is 0.368 e. The van der Waals surface area contributed by atoms with Crippen molar-refractivity contribution < 1.29 is 0 Å². The molecule has 0 unspecified atom stereocenters. The SMILES string of the molecule is O=c1n(Cc2ccccc2)nnn1-c1ccc(-c2cn[nH]c2)cc1. The molecule has 4 aromatic rings. The van der Waals surface area contributed by atoms with Gasteiger partial charge in [0.25, 0.3) is 0 Å². The Labute approximate surface area is 137 Å². The second-order valence-corrected chi connectivity index (χ2v) is 5.35. The molecule has 2 aromatic heterocycles. The number of H-pyrrole nitrogens is 1. The zero-order chi connectivity index (χ0) is 16.4. The van der Waals surface area contributed by atoms with Gasteiger partial charge in [0.2, 0.25) is 0 Å². The quantitative estimate of drug-likeness (QED) is 0.623. The largest absolute Gasteiger partial charge is 0.368 e. The van der Waals surface area contributed by atoms with Crippen molar-refractivity contribution in [1.82, 2.24) is 30.0 Å². The number of benzene rings is 2. The van der Waals surface area contributed by atoms with E-state index in [4.69, 9.17) is 0 Å². The first-order valence-corrected chi connectivity index (χ1v) is 7.47. The van der Waals surface area contributed by atoms with E-state index in [1.54, 1.807) is 6.20 Å². The zero-order valence-electron chi connectivity index (χ0n) is 12.7. The van der Waals surface area contributed by atoms with Crippen LogP contribution in [0.5, 0.6) is 0 Å². The van der Waals surface area contributed by atoms with Crippen molar-refractivity contribution in [3.8, 4) is 16.8 Å². The van der Waals surface area contributed by atoms with Crippen molar-refractivity contribution in [3.05, 3.63) is 83.0 Å². The van der Waals surface area contributed by atoms with Crippen LogP contribution in [0.2, 0.25) is 0 Å². The zero-order valence-corrected chi connectivity index (χ0v) is 12.7. The van der Waals surface area contributed by atoms with Crippen LogP contribution in [0.25, 0.3) is 16.8 Å². The number of nitrogens with one attached hydrogen (secondary N) is 1. The van der Waals surface area contributed by atoms with Crippen molar-refractivity contribution in [2.24, 2.45) is 0 Å². The van der Waals surface area contributed by atoms with Gasteiger partial charge in [-0.2, -0.15) is 14.5 Å². The first-order valence-electron chi connectivity index (χ1n) is 7.47. The molecule has 0 spiro atoms. The normalized spacial score (nSPS) is 10.8. The monoisotopic (exact) mass is 318 g/mol. The van der Waals surface area contributed by atoms with Crippen LogP contribution in [0.3, 0.4) is 0 Å². The summed E-state index contributed by atoms with van der Waals surface area (Å²) in [7, 11) is 0. The Morgan fingerprint density at radius 1 is 0.917 bits per heavy atom. The highest BCUT2D eigenvalue weighted by molar-refractivity contribution is 5.62. The maximum atomic E-state index is 12.5. The van der Waals surface area contributed by atoms with E-state index in [0.29, 0.717) is 12.2 Å². The first-order chi connectivity index (χ1) is 11.8. The number of tetrazole rings is 1. The third kappa shape index (κ3) is 2.63. The number of rotatable bonds is 4. The van der Waals surface area contributed by atoms with Crippen molar-refractivity contribution in [2.45, 2.75) is 6.54 Å². The van der Waals surface area contributed by atoms with Crippen LogP contribution in [-0.4, -0.2) is 30.0 Å². The molecule has 7 heteroatoms. The lowest BCUT2D eigenvalue weighted by Gasteiger charge is -2.01. The molecule has 0 saturated heterocycles. The van der Waals surface area contributed by atoms with Crippen molar-refractivity contribution in [3.63, 3.8) is 0 Å². The van der Waals surface area contributed by atoms with Gasteiger partial charge >= 0.3 is 5.69 Å². The molecule has 7 nitrogen and oxygen atoms in total. The smallest absolute Gasteiger partial charge is 0.285 e. The van der Waals surface area contributed by atoms with Crippen LogP contribution < -0.4 is 5.69 Å². The summed E-state index contributed by atoms with van der Waals surface area (Å²) in [5, 5.41) is 14.6. The van der Waals surface area contributed by atoms with Gasteiger partial charge in [-0.05, 0) is 33.7 Å². The summed E-state index contributed by atoms with van der Waals surface area (Å²) in [6.45, 7) is 0.396. The lowest BCUT2D eigenvalue weighted by atomic mass is 10.1. The summed E-state index contributed by atoms with van der Waals surface area (Å²) in [6, 6.07) is 17.2.